The third-order valence-corrected chi connectivity index (χ3v) is 4.10. The second-order valence-corrected chi connectivity index (χ2v) is 6.18. The van der Waals surface area contributed by atoms with Gasteiger partial charge >= 0.3 is 0 Å². The quantitative estimate of drug-likeness (QED) is 0.723. The van der Waals surface area contributed by atoms with Gasteiger partial charge in [0.15, 0.2) is 0 Å². The van der Waals surface area contributed by atoms with Crippen LogP contribution in [-0.2, 0) is 6.54 Å². The van der Waals surface area contributed by atoms with Crippen molar-refractivity contribution in [1.29, 1.82) is 0 Å². The molecule has 0 amide bonds. The fourth-order valence-electron chi connectivity index (χ4n) is 2.73. The first kappa shape index (κ1) is 16.6. The molecule has 5 nitrogen and oxygen atoms in total. The number of imidazole rings is 1. The Hall–Kier alpha value is -2.90. The van der Waals surface area contributed by atoms with Crippen molar-refractivity contribution >= 4 is 5.95 Å². The van der Waals surface area contributed by atoms with Crippen LogP contribution in [0.15, 0.2) is 42.9 Å². The molecule has 1 fully saturated rings. The molecule has 26 heavy (non-hydrogen) atoms. The predicted molar refractivity (Wildman–Crippen MR) is 91.3 cm³/mol. The molecule has 1 aromatic carbocycles. The van der Waals surface area contributed by atoms with Gasteiger partial charge in [-0.2, -0.15) is 0 Å². The molecule has 1 aliphatic carbocycles. The normalized spacial score (nSPS) is 14.0. The molecule has 0 saturated heterocycles. The molecule has 1 saturated carbocycles. The van der Waals surface area contributed by atoms with Crippen LogP contribution in [0, 0.1) is 5.82 Å². The predicted octanol–water partition coefficient (Wildman–Crippen LogP) is 3.99. The van der Waals surface area contributed by atoms with Crippen molar-refractivity contribution in [3.05, 3.63) is 48.7 Å². The van der Waals surface area contributed by atoms with Gasteiger partial charge in [-0.05, 0) is 43.2 Å². The lowest BCUT2D eigenvalue weighted by molar-refractivity contribution is 0.127. The van der Waals surface area contributed by atoms with Gasteiger partial charge in [-0.15, -0.1) is 0 Å². The average molecular weight is 359 g/mol. The number of aromatic nitrogens is 4. The molecule has 0 spiro atoms. The maximum atomic E-state index is 13.2. The topological polar surface area (TPSA) is 55.6 Å². The van der Waals surface area contributed by atoms with Crippen LogP contribution < -0.4 is 5.32 Å². The largest absolute Gasteiger partial charge is 0.351 e. The van der Waals surface area contributed by atoms with Gasteiger partial charge in [0.25, 0.3) is 6.43 Å². The highest BCUT2D eigenvalue weighted by molar-refractivity contribution is 5.77. The van der Waals surface area contributed by atoms with Crippen molar-refractivity contribution in [2.75, 3.05) is 5.32 Å². The third kappa shape index (κ3) is 3.54. The zero-order valence-electron chi connectivity index (χ0n) is 13.7. The van der Waals surface area contributed by atoms with Crippen molar-refractivity contribution < 1.29 is 13.2 Å². The second-order valence-electron chi connectivity index (χ2n) is 6.18. The molecule has 0 radical (unpaired) electrons. The number of hydrogen-bond donors (Lipinski definition) is 1. The minimum absolute atomic E-state index is 0.368. The summed E-state index contributed by atoms with van der Waals surface area (Å²) >= 11 is 0. The maximum absolute atomic E-state index is 13.2. The molecular formula is C18H16F3N5. The Kier molecular flexibility index (Phi) is 4.32. The Bertz CT molecular complexity index is 903. The number of rotatable bonds is 6. The monoisotopic (exact) mass is 359 g/mol. The molecule has 8 heteroatoms. The number of anilines is 1. The van der Waals surface area contributed by atoms with Crippen molar-refractivity contribution in [3.8, 4) is 22.6 Å². The van der Waals surface area contributed by atoms with Crippen LogP contribution in [0.1, 0.15) is 12.8 Å². The number of alkyl halides is 2. The molecule has 1 N–H and O–H groups in total. The number of benzene rings is 1. The Labute approximate surface area is 147 Å². The minimum Gasteiger partial charge on any atom is -0.351 e. The molecule has 0 unspecified atom stereocenters. The number of hydrogen-bond acceptors (Lipinski definition) is 4. The summed E-state index contributed by atoms with van der Waals surface area (Å²) in [5.74, 6) is 0.0834. The fraction of sp³-hybridized carbons (Fsp3) is 0.278. The minimum atomic E-state index is -2.53. The lowest BCUT2D eigenvalue weighted by Crippen LogP contribution is -2.09. The van der Waals surface area contributed by atoms with E-state index < -0.39 is 13.0 Å². The van der Waals surface area contributed by atoms with Crippen LogP contribution in [-0.4, -0.2) is 32.0 Å². The van der Waals surface area contributed by atoms with E-state index in [0.717, 1.165) is 12.8 Å². The van der Waals surface area contributed by atoms with Gasteiger partial charge in [-0.25, -0.2) is 28.1 Å². The zero-order valence-corrected chi connectivity index (χ0v) is 13.7. The second kappa shape index (κ2) is 6.78. The first-order valence-corrected chi connectivity index (χ1v) is 8.29. The van der Waals surface area contributed by atoms with Crippen LogP contribution in [0.5, 0.6) is 0 Å². The molecule has 134 valence electrons. The van der Waals surface area contributed by atoms with E-state index in [0.29, 0.717) is 34.6 Å². The highest BCUT2D eigenvalue weighted by Gasteiger charge is 2.23. The van der Waals surface area contributed by atoms with Crippen LogP contribution in [0.25, 0.3) is 22.6 Å². The van der Waals surface area contributed by atoms with Crippen molar-refractivity contribution in [2.45, 2.75) is 31.9 Å². The van der Waals surface area contributed by atoms with Crippen molar-refractivity contribution in [2.24, 2.45) is 0 Å². The molecule has 0 aliphatic heterocycles. The van der Waals surface area contributed by atoms with Gasteiger partial charge in [-0.3, -0.25) is 0 Å². The smallest absolute Gasteiger partial charge is 0.256 e. The molecule has 4 rings (SSSR count). The third-order valence-electron chi connectivity index (χ3n) is 4.10. The highest BCUT2D eigenvalue weighted by Crippen LogP contribution is 2.31. The van der Waals surface area contributed by atoms with Crippen LogP contribution in [0.2, 0.25) is 0 Å². The van der Waals surface area contributed by atoms with E-state index in [9.17, 15) is 13.2 Å². The Morgan fingerprint density at radius 1 is 1.12 bits per heavy atom. The van der Waals surface area contributed by atoms with E-state index in [4.69, 9.17) is 0 Å². The van der Waals surface area contributed by atoms with Crippen molar-refractivity contribution in [3.63, 3.8) is 0 Å². The van der Waals surface area contributed by atoms with Gasteiger partial charge in [0.05, 0.1) is 30.0 Å². The lowest BCUT2D eigenvalue weighted by atomic mass is 10.1. The summed E-state index contributed by atoms with van der Waals surface area (Å²) in [5.41, 5.74) is 2.05. The lowest BCUT2D eigenvalue weighted by Gasteiger charge is -2.11. The van der Waals surface area contributed by atoms with Crippen LogP contribution in [0.3, 0.4) is 0 Å². The molecule has 3 aromatic rings. The van der Waals surface area contributed by atoms with E-state index in [1.807, 2.05) is 0 Å². The summed E-state index contributed by atoms with van der Waals surface area (Å²) in [7, 11) is 0. The SMILES string of the molecule is Fc1ccc(-c2ncn(CC(F)F)c2-c2ccnc(NC3CC3)n2)cc1. The maximum Gasteiger partial charge on any atom is 0.256 e. The molecule has 2 aromatic heterocycles. The summed E-state index contributed by atoms with van der Waals surface area (Å²) < 4.78 is 40.6. The Balaban J connectivity index is 1.79. The highest BCUT2D eigenvalue weighted by atomic mass is 19.3. The van der Waals surface area contributed by atoms with E-state index in [2.05, 4.69) is 20.3 Å². The van der Waals surface area contributed by atoms with Crippen LogP contribution in [0.4, 0.5) is 19.1 Å². The first-order valence-electron chi connectivity index (χ1n) is 8.29. The van der Waals surface area contributed by atoms with Gasteiger partial charge < -0.3 is 9.88 Å². The van der Waals surface area contributed by atoms with Crippen LogP contribution >= 0.6 is 0 Å². The van der Waals surface area contributed by atoms with E-state index in [1.54, 1.807) is 24.4 Å². The van der Waals surface area contributed by atoms with E-state index >= 15 is 0 Å². The number of halogens is 3. The first-order chi connectivity index (χ1) is 12.6. The van der Waals surface area contributed by atoms with Gasteiger partial charge in [0.2, 0.25) is 5.95 Å². The van der Waals surface area contributed by atoms with E-state index in [1.165, 1.54) is 23.0 Å². The van der Waals surface area contributed by atoms with Crippen molar-refractivity contribution in [1.82, 2.24) is 19.5 Å². The van der Waals surface area contributed by atoms with E-state index in [-0.39, 0.29) is 5.82 Å². The van der Waals surface area contributed by atoms with Gasteiger partial charge in [-0.1, -0.05) is 0 Å². The molecule has 0 atom stereocenters. The average Bonchev–Trinajstić information content (AvgIpc) is 3.33. The zero-order chi connectivity index (χ0) is 18.1. The summed E-state index contributed by atoms with van der Waals surface area (Å²) in [4.78, 5) is 12.9. The standard InChI is InChI=1S/C18H16F3N5/c19-12-3-1-11(2-4-12)16-17(26(10-23-16)9-15(20)21)14-7-8-22-18(25-14)24-13-5-6-13/h1-4,7-8,10,13,15H,5-6,9H2,(H,22,24,25). The summed E-state index contributed by atoms with van der Waals surface area (Å²) in [6.07, 6.45) is 2.54. The summed E-state index contributed by atoms with van der Waals surface area (Å²) in [6, 6.07) is 7.78. The fourth-order valence-corrected chi connectivity index (χ4v) is 2.73. The number of nitrogens with one attached hydrogen (secondary N) is 1. The molecular weight excluding hydrogens is 343 g/mol. The van der Waals surface area contributed by atoms with Gasteiger partial charge in [0.1, 0.15) is 5.82 Å². The number of nitrogens with zero attached hydrogens (tertiary/aromatic N) is 4. The summed E-state index contributed by atoms with van der Waals surface area (Å²) in [5, 5.41) is 3.20. The Morgan fingerprint density at radius 2 is 1.88 bits per heavy atom. The molecule has 2 heterocycles. The van der Waals surface area contributed by atoms with Gasteiger partial charge in [0, 0.05) is 17.8 Å². The molecule has 0 bridgehead atoms. The summed E-state index contributed by atoms with van der Waals surface area (Å²) in [6.45, 7) is -0.501. The Morgan fingerprint density at radius 3 is 2.58 bits per heavy atom. The molecule has 1 aliphatic rings.